The van der Waals surface area contributed by atoms with Crippen molar-refractivity contribution in [3.8, 4) is 10.6 Å². The number of rotatable bonds is 9. The third-order valence-corrected chi connectivity index (χ3v) is 5.56. The zero-order valence-electron chi connectivity index (χ0n) is 15.0. The Morgan fingerprint density at radius 2 is 2.22 bits per heavy atom. The third kappa shape index (κ3) is 5.15. The molecule has 0 aromatic carbocycles. The van der Waals surface area contributed by atoms with Gasteiger partial charge >= 0.3 is 0 Å². The lowest BCUT2D eigenvalue weighted by Gasteiger charge is -2.14. The molecule has 4 N–H and O–H groups in total. The summed E-state index contributed by atoms with van der Waals surface area (Å²) in [7, 11) is 0. The molecule has 27 heavy (non-hydrogen) atoms. The molecule has 1 saturated heterocycles. The van der Waals surface area contributed by atoms with Crippen molar-refractivity contribution in [1.29, 1.82) is 0 Å². The molecular weight excluding hydrogens is 368 g/mol. The molecule has 2 aromatic heterocycles. The van der Waals surface area contributed by atoms with Crippen LogP contribution in [0.3, 0.4) is 0 Å². The van der Waals surface area contributed by atoms with Crippen LogP contribution in [-0.2, 0) is 4.79 Å². The molecule has 146 valence electrons. The van der Waals surface area contributed by atoms with Crippen molar-refractivity contribution in [2.75, 3.05) is 26.2 Å². The summed E-state index contributed by atoms with van der Waals surface area (Å²) in [4.78, 5) is 26.3. The maximum atomic E-state index is 12.1. The molecule has 0 aliphatic carbocycles. The number of carbonyl (C=O) groups excluding carboxylic acids is 2. The van der Waals surface area contributed by atoms with Gasteiger partial charge in [-0.3, -0.25) is 14.5 Å². The van der Waals surface area contributed by atoms with E-state index in [1.807, 2.05) is 17.5 Å². The number of likely N-dealkylation sites (tertiary alicyclic amines) is 1. The Labute approximate surface area is 161 Å². The molecule has 0 unspecified atom stereocenters. The lowest BCUT2D eigenvalue weighted by molar-refractivity contribution is -0.123. The number of thiophene rings is 1. The number of primary amides is 1. The van der Waals surface area contributed by atoms with Gasteiger partial charge in [0, 0.05) is 25.7 Å². The number of nitrogens with two attached hydrogens (primary N) is 1. The molecule has 0 radical (unpaired) electrons. The molecule has 9 heteroatoms. The predicted octanol–water partition coefficient (Wildman–Crippen LogP) is 1.08. The lowest BCUT2D eigenvalue weighted by Crippen LogP contribution is -2.32. The van der Waals surface area contributed by atoms with E-state index >= 15 is 0 Å². The number of hydrogen-bond acceptors (Lipinski definition) is 7. The Balaban J connectivity index is 1.30. The number of β-amino-alcohol motifs (C(OH)–C–C–N with tert-alkyl or cyclic N) is 1. The maximum Gasteiger partial charge on any atom is 0.273 e. The van der Waals surface area contributed by atoms with E-state index < -0.39 is 17.9 Å². The molecular formula is C18H24N4O4S. The zero-order chi connectivity index (χ0) is 19.2. The summed E-state index contributed by atoms with van der Waals surface area (Å²) in [5.74, 6) is -0.556. The van der Waals surface area contributed by atoms with E-state index in [2.05, 4.69) is 15.4 Å². The van der Waals surface area contributed by atoms with Crippen molar-refractivity contribution in [2.24, 2.45) is 11.7 Å². The molecule has 3 rings (SSSR count). The van der Waals surface area contributed by atoms with Crippen LogP contribution in [-0.4, -0.2) is 59.3 Å². The minimum Gasteiger partial charge on any atom is -0.391 e. The quantitative estimate of drug-likeness (QED) is 0.549. The Kier molecular flexibility index (Phi) is 6.59. The average Bonchev–Trinajstić information content (AvgIpc) is 3.37. The van der Waals surface area contributed by atoms with Crippen molar-refractivity contribution < 1.29 is 19.2 Å². The van der Waals surface area contributed by atoms with Crippen LogP contribution in [0.15, 0.2) is 28.1 Å². The second-order valence-corrected chi connectivity index (χ2v) is 7.65. The van der Waals surface area contributed by atoms with Crippen LogP contribution < -0.4 is 11.1 Å². The summed E-state index contributed by atoms with van der Waals surface area (Å²) in [6.45, 7) is 2.38. The van der Waals surface area contributed by atoms with E-state index in [0.717, 1.165) is 30.7 Å². The van der Waals surface area contributed by atoms with Gasteiger partial charge in [0.1, 0.15) is 0 Å². The lowest BCUT2D eigenvalue weighted by atomic mass is 10.1. The van der Waals surface area contributed by atoms with Gasteiger partial charge in [0.15, 0.2) is 11.5 Å². The molecule has 1 aliphatic heterocycles. The molecule has 0 bridgehead atoms. The SMILES string of the molecule is NC(=O)[C@H]1CN(CCCCCNC(=O)c2cc(-c3cccs3)on2)C[C@H]1O. The van der Waals surface area contributed by atoms with E-state index in [-0.39, 0.29) is 11.6 Å². The number of aliphatic hydroxyl groups excluding tert-OH is 1. The number of nitrogens with zero attached hydrogens (tertiary/aromatic N) is 2. The number of unbranched alkanes of at least 4 members (excludes halogenated alkanes) is 2. The Bertz CT molecular complexity index is 761. The molecule has 1 fully saturated rings. The monoisotopic (exact) mass is 392 g/mol. The first-order valence-corrected chi connectivity index (χ1v) is 9.91. The largest absolute Gasteiger partial charge is 0.391 e. The Morgan fingerprint density at radius 1 is 1.37 bits per heavy atom. The van der Waals surface area contributed by atoms with Crippen molar-refractivity contribution in [3.05, 3.63) is 29.3 Å². The van der Waals surface area contributed by atoms with E-state index in [9.17, 15) is 14.7 Å². The fourth-order valence-corrected chi connectivity index (χ4v) is 3.85. The van der Waals surface area contributed by atoms with Crippen LogP contribution in [0.25, 0.3) is 10.6 Å². The minimum absolute atomic E-state index is 0.242. The molecule has 2 atom stereocenters. The fourth-order valence-electron chi connectivity index (χ4n) is 3.18. The van der Waals surface area contributed by atoms with E-state index in [1.165, 1.54) is 11.3 Å². The topological polar surface area (TPSA) is 122 Å². The maximum absolute atomic E-state index is 12.1. The highest BCUT2D eigenvalue weighted by atomic mass is 32.1. The molecule has 2 aromatic rings. The third-order valence-electron chi connectivity index (χ3n) is 4.67. The van der Waals surface area contributed by atoms with Crippen LogP contribution in [0.5, 0.6) is 0 Å². The smallest absolute Gasteiger partial charge is 0.273 e. The zero-order valence-corrected chi connectivity index (χ0v) is 15.8. The average molecular weight is 392 g/mol. The summed E-state index contributed by atoms with van der Waals surface area (Å²) >= 11 is 1.53. The van der Waals surface area contributed by atoms with Crippen LogP contribution in [0.2, 0.25) is 0 Å². The minimum atomic E-state index is -0.664. The van der Waals surface area contributed by atoms with Crippen molar-refractivity contribution in [1.82, 2.24) is 15.4 Å². The van der Waals surface area contributed by atoms with Crippen LogP contribution >= 0.6 is 11.3 Å². The Hall–Kier alpha value is -2.23. The number of aromatic nitrogens is 1. The molecule has 0 spiro atoms. The van der Waals surface area contributed by atoms with Gasteiger partial charge in [-0.25, -0.2) is 0 Å². The van der Waals surface area contributed by atoms with Gasteiger partial charge in [0.2, 0.25) is 5.91 Å². The highest BCUT2D eigenvalue weighted by Gasteiger charge is 2.34. The van der Waals surface area contributed by atoms with Gasteiger partial charge in [0.05, 0.1) is 16.9 Å². The predicted molar refractivity (Wildman–Crippen MR) is 101 cm³/mol. The standard InChI is InChI=1S/C18H24N4O4S/c19-17(24)12-10-22(11-14(12)23)7-3-1-2-6-20-18(25)13-9-15(26-21-13)16-5-4-8-27-16/h4-5,8-9,12,14,23H,1-3,6-7,10-11H2,(H2,19,24)(H,20,25)/t12-,14+/m0/s1. The van der Waals surface area contributed by atoms with Gasteiger partial charge in [0.25, 0.3) is 5.91 Å². The van der Waals surface area contributed by atoms with Crippen molar-refractivity contribution >= 4 is 23.2 Å². The van der Waals surface area contributed by atoms with E-state index in [4.69, 9.17) is 10.3 Å². The summed E-state index contributed by atoms with van der Waals surface area (Å²) < 4.78 is 5.21. The first-order valence-electron chi connectivity index (χ1n) is 9.03. The highest BCUT2D eigenvalue weighted by molar-refractivity contribution is 7.13. The highest BCUT2D eigenvalue weighted by Crippen LogP contribution is 2.25. The van der Waals surface area contributed by atoms with Crippen molar-refractivity contribution in [2.45, 2.75) is 25.4 Å². The summed E-state index contributed by atoms with van der Waals surface area (Å²) in [5, 5.41) is 18.4. The normalized spacial score (nSPS) is 20.0. The van der Waals surface area contributed by atoms with Crippen LogP contribution in [0.1, 0.15) is 29.8 Å². The van der Waals surface area contributed by atoms with Crippen LogP contribution in [0.4, 0.5) is 0 Å². The van der Waals surface area contributed by atoms with Crippen molar-refractivity contribution in [3.63, 3.8) is 0 Å². The Morgan fingerprint density at radius 3 is 2.93 bits per heavy atom. The fraction of sp³-hybridized carbons (Fsp3) is 0.500. The van der Waals surface area contributed by atoms with E-state index in [1.54, 1.807) is 6.07 Å². The molecule has 3 heterocycles. The molecule has 0 saturated carbocycles. The number of amides is 2. The van der Waals surface area contributed by atoms with Gasteiger partial charge in [-0.2, -0.15) is 0 Å². The number of hydrogen-bond donors (Lipinski definition) is 3. The molecule has 8 nitrogen and oxygen atoms in total. The second-order valence-electron chi connectivity index (χ2n) is 6.71. The molecule has 2 amide bonds. The first-order chi connectivity index (χ1) is 13.0. The van der Waals surface area contributed by atoms with Gasteiger partial charge < -0.3 is 20.7 Å². The number of aliphatic hydroxyl groups is 1. The summed E-state index contributed by atoms with van der Waals surface area (Å²) in [6.07, 6.45) is 2.05. The van der Waals surface area contributed by atoms with E-state index in [0.29, 0.717) is 25.4 Å². The summed E-state index contributed by atoms with van der Waals surface area (Å²) in [5.41, 5.74) is 5.55. The number of nitrogens with one attached hydrogen (secondary N) is 1. The van der Waals surface area contributed by atoms with Crippen LogP contribution in [0, 0.1) is 5.92 Å². The second kappa shape index (κ2) is 9.12. The first kappa shape index (κ1) is 19.5. The van der Waals surface area contributed by atoms with Gasteiger partial charge in [-0.15, -0.1) is 11.3 Å². The molecule has 1 aliphatic rings. The van der Waals surface area contributed by atoms with Gasteiger partial charge in [-0.1, -0.05) is 17.6 Å². The summed E-state index contributed by atoms with van der Waals surface area (Å²) in [6, 6.07) is 5.48. The van der Waals surface area contributed by atoms with Gasteiger partial charge in [-0.05, 0) is 30.8 Å². The number of carbonyl (C=O) groups is 2.